The molecular weight excluding hydrogens is 183 g/mol. The van der Waals surface area contributed by atoms with E-state index in [2.05, 4.69) is 24.0 Å². The van der Waals surface area contributed by atoms with Crippen LogP contribution in [0.3, 0.4) is 0 Å². The molecule has 0 aliphatic heterocycles. The molecule has 0 aliphatic rings. The highest BCUT2D eigenvalue weighted by Gasteiger charge is 2.00. The summed E-state index contributed by atoms with van der Waals surface area (Å²) in [6.45, 7) is 0. The van der Waals surface area contributed by atoms with Crippen molar-refractivity contribution in [2.75, 3.05) is 5.73 Å². The fourth-order valence-corrected chi connectivity index (χ4v) is 1.34. The molecular formula is C8H7N4P. The molecule has 0 radical (unpaired) electrons. The Morgan fingerprint density at radius 3 is 3.00 bits per heavy atom. The molecule has 0 bridgehead atoms. The summed E-state index contributed by atoms with van der Waals surface area (Å²) in [5.41, 5.74) is 6.33. The number of hydrogen-bond donors (Lipinski definition) is 1. The monoisotopic (exact) mass is 190 g/mol. The van der Waals surface area contributed by atoms with E-state index in [9.17, 15) is 0 Å². The van der Waals surface area contributed by atoms with Crippen LogP contribution in [0.15, 0.2) is 29.1 Å². The lowest BCUT2D eigenvalue weighted by Crippen LogP contribution is -1.86. The topological polar surface area (TPSA) is 64.2 Å². The van der Waals surface area contributed by atoms with E-state index in [4.69, 9.17) is 5.73 Å². The van der Waals surface area contributed by atoms with Crippen LogP contribution in [0.25, 0.3) is 10.8 Å². The second kappa shape index (κ2) is 3.07. The Balaban J connectivity index is 2.84. The zero-order valence-corrected chi connectivity index (χ0v) is 7.73. The molecule has 1 aromatic carbocycles. The first kappa shape index (κ1) is 8.08. The van der Waals surface area contributed by atoms with E-state index in [-0.39, 0.29) is 0 Å². The Kier molecular flexibility index (Phi) is 1.91. The van der Waals surface area contributed by atoms with Crippen molar-refractivity contribution in [3.63, 3.8) is 0 Å². The summed E-state index contributed by atoms with van der Waals surface area (Å²) >= 11 is 0. The molecule has 64 valence electrons. The minimum Gasteiger partial charge on any atom is -0.399 e. The average Bonchev–Trinajstić information content (AvgIpc) is 2.16. The third kappa shape index (κ3) is 1.36. The van der Waals surface area contributed by atoms with Crippen LogP contribution in [0.1, 0.15) is 0 Å². The molecule has 2 rings (SSSR count). The Morgan fingerprint density at radius 2 is 2.23 bits per heavy atom. The van der Waals surface area contributed by atoms with Crippen LogP contribution >= 0.6 is 9.03 Å². The van der Waals surface area contributed by atoms with Gasteiger partial charge in [0.25, 0.3) is 0 Å². The maximum absolute atomic E-state index is 5.62. The molecule has 5 heteroatoms. The standard InChI is InChI=1S/C8H7N4P/c9-6-1-2-7-5(3-6)4-10-11-8(7)12-13/h1-4,13H,9H2. The molecule has 0 amide bonds. The van der Waals surface area contributed by atoms with Gasteiger partial charge in [0.05, 0.1) is 6.20 Å². The maximum Gasteiger partial charge on any atom is 0.185 e. The van der Waals surface area contributed by atoms with Crippen LogP contribution in [-0.4, -0.2) is 10.2 Å². The molecule has 0 atom stereocenters. The fourth-order valence-electron chi connectivity index (χ4n) is 1.17. The molecule has 4 nitrogen and oxygen atoms in total. The molecule has 0 spiro atoms. The van der Waals surface area contributed by atoms with E-state index < -0.39 is 0 Å². The number of rotatable bonds is 1. The van der Waals surface area contributed by atoms with Crippen LogP contribution in [-0.2, 0) is 0 Å². The minimum atomic E-state index is 0.564. The van der Waals surface area contributed by atoms with Crippen molar-refractivity contribution in [3.05, 3.63) is 24.4 Å². The Labute approximate surface area is 77.1 Å². The van der Waals surface area contributed by atoms with Gasteiger partial charge in [-0.25, -0.2) is 4.74 Å². The van der Waals surface area contributed by atoms with Gasteiger partial charge in [0.15, 0.2) is 5.82 Å². The zero-order valence-electron chi connectivity index (χ0n) is 6.73. The lowest BCUT2D eigenvalue weighted by Gasteiger charge is -1.99. The van der Waals surface area contributed by atoms with Gasteiger partial charge in [-0.2, -0.15) is 5.10 Å². The summed E-state index contributed by atoms with van der Waals surface area (Å²) in [5, 5.41) is 9.51. The highest BCUT2D eigenvalue weighted by atomic mass is 31.0. The molecule has 0 aliphatic carbocycles. The van der Waals surface area contributed by atoms with Gasteiger partial charge in [-0.1, -0.05) is 0 Å². The van der Waals surface area contributed by atoms with E-state index in [1.54, 1.807) is 6.20 Å². The zero-order chi connectivity index (χ0) is 9.26. The van der Waals surface area contributed by atoms with Crippen molar-refractivity contribution in [3.8, 4) is 0 Å². The first-order chi connectivity index (χ1) is 6.31. The molecule has 0 fully saturated rings. The Bertz CT molecular complexity index is 469. The number of nitrogen functional groups attached to an aromatic ring is 1. The van der Waals surface area contributed by atoms with Crippen LogP contribution in [0, 0.1) is 0 Å². The van der Waals surface area contributed by atoms with E-state index >= 15 is 0 Å². The molecule has 1 aromatic heterocycles. The van der Waals surface area contributed by atoms with Crippen LogP contribution in [0.2, 0.25) is 0 Å². The Hall–Kier alpha value is -1.54. The smallest absolute Gasteiger partial charge is 0.185 e. The number of aromatic nitrogens is 2. The summed E-state index contributed by atoms with van der Waals surface area (Å²) < 4.78 is 3.82. The van der Waals surface area contributed by atoms with Crippen molar-refractivity contribution in [1.82, 2.24) is 10.2 Å². The predicted octanol–water partition coefficient (Wildman–Crippen LogP) is 2.17. The molecule has 2 N–H and O–H groups in total. The number of benzene rings is 1. The average molecular weight is 190 g/mol. The number of hydrogen-bond acceptors (Lipinski definition) is 4. The summed E-state index contributed by atoms with van der Waals surface area (Å²) in [6, 6.07) is 5.52. The van der Waals surface area contributed by atoms with Gasteiger partial charge in [-0.05, 0) is 27.2 Å². The quantitative estimate of drug-likeness (QED) is 0.553. The van der Waals surface area contributed by atoms with E-state index in [1.807, 2.05) is 18.2 Å². The molecule has 1 heterocycles. The minimum absolute atomic E-state index is 0.564. The normalized spacial score (nSPS) is 10.2. The van der Waals surface area contributed by atoms with Crippen LogP contribution in [0.4, 0.5) is 11.5 Å². The number of nitrogens with zero attached hydrogens (tertiary/aromatic N) is 3. The van der Waals surface area contributed by atoms with Gasteiger partial charge in [0.1, 0.15) is 0 Å². The van der Waals surface area contributed by atoms with Gasteiger partial charge in [0, 0.05) is 16.5 Å². The number of fused-ring (bicyclic) bond motifs is 1. The second-order valence-electron chi connectivity index (χ2n) is 2.63. The highest BCUT2D eigenvalue weighted by Crippen LogP contribution is 2.24. The summed E-state index contributed by atoms with van der Waals surface area (Å²) in [7, 11) is 3.04. The number of anilines is 1. The third-order valence-electron chi connectivity index (χ3n) is 1.77. The van der Waals surface area contributed by atoms with Crippen molar-refractivity contribution < 1.29 is 0 Å². The molecule has 0 saturated heterocycles. The molecule has 0 unspecified atom stereocenters. The van der Waals surface area contributed by atoms with E-state index in [0.717, 1.165) is 10.8 Å². The molecule has 13 heavy (non-hydrogen) atoms. The van der Waals surface area contributed by atoms with Gasteiger partial charge >= 0.3 is 0 Å². The van der Waals surface area contributed by atoms with Crippen molar-refractivity contribution in [2.24, 2.45) is 4.74 Å². The van der Waals surface area contributed by atoms with Crippen molar-refractivity contribution in [2.45, 2.75) is 0 Å². The Morgan fingerprint density at radius 1 is 1.38 bits per heavy atom. The maximum atomic E-state index is 5.62. The lowest BCUT2D eigenvalue weighted by atomic mass is 10.2. The fraction of sp³-hybridized carbons (Fsp3) is 0. The van der Waals surface area contributed by atoms with Gasteiger partial charge < -0.3 is 5.73 Å². The largest absolute Gasteiger partial charge is 0.399 e. The number of nitrogens with two attached hydrogens (primary N) is 1. The van der Waals surface area contributed by atoms with E-state index in [0.29, 0.717) is 11.5 Å². The first-order valence-corrected chi connectivity index (χ1v) is 4.14. The summed E-state index contributed by atoms with van der Waals surface area (Å²) in [5.74, 6) is 0.564. The predicted molar refractivity (Wildman–Crippen MR) is 54.4 cm³/mol. The summed E-state index contributed by atoms with van der Waals surface area (Å²) in [6.07, 6.45) is 1.66. The summed E-state index contributed by atoms with van der Waals surface area (Å²) in [4.78, 5) is 0. The second-order valence-corrected chi connectivity index (χ2v) is 2.85. The molecule has 0 saturated carbocycles. The van der Waals surface area contributed by atoms with Gasteiger partial charge in [-0.15, -0.1) is 5.10 Å². The first-order valence-electron chi connectivity index (χ1n) is 3.69. The van der Waals surface area contributed by atoms with Gasteiger partial charge in [0.2, 0.25) is 0 Å². The molecule has 2 aromatic rings. The lowest BCUT2D eigenvalue weighted by molar-refractivity contribution is 1.05. The third-order valence-corrected chi connectivity index (χ3v) is 1.98. The van der Waals surface area contributed by atoms with Crippen molar-refractivity contribution >= 4 is 31.3 Å². The van der Waals surface area contributed by atoms with Crippen LogP contribution in [0.5, 0.6) is 0 Å². The SMILES string of the molecule is Nc1ccc2c(N=P)nncc2c1. The van der Waals surface area contributed by atoms with E-state index in [1.165, 1.54) is 0 Å². The van der Waals surface area contributed by atoms with Crippen molar-refractivity contribution in [1.29, 1.82) is 0 Å². The van der Waals surface area contributed by atoms with Gasteiger partial charge in [-0.3, -0.25) is 0 Å². The highest BCUT2D eigenvalue weighted by molar-refractivity contribution is 7.04. The van der Waals surface area contributed by atoms with Crippen LogP contribution < -0.4 is 5.73 Å².